The Bertz CT molecular complexity index is 459. The van der Waals surface area contributed by atoms with E-state index in [2.05, 4.69) is 10.1 Å². The average Bonchev–Trinajstić information content (AvgIpc) is 2.30. The summed E-state index contributed by atoms with van der Waals surface area (Å²) in [5.74, 6) is -0.646. The molecule has 0 heterocycles. The maximum atomic E-state index is 11.3. The van der Waals surface area contributed by atoms with Crippen LogP contribution in [0.2, 0.25) is 0 Å². The maximum absolute atomic E-state index is 11.3. The lowest BCUT2D eigenvalue weighted by atomic mass is 10.1. The molecule has 0 saturated carbocycles. The third kappa shape index (κ3) is 2.63. The van der Waals surface area contributed by atoms with Gasteiger partial charge in [-0.3, -0.25) is 10.1 Å². The summed E-state index contributed by atoms with van der Waals surface area (Å²) >= 11 is 0. The molecule has 7 heteroatoms. The number of nitrogens with zero attached hydrogens (tertiary/aromatic N) is 1. The minimum absolute atomic E-state index is 0.00417. The Morgan fingerprint density at radius 3 is 2.71 bits per heavy atom. The Balaban J connectivity index is 3.36. The fourth-order valence-electron chi connectivity index (χ4n) is 1.36. The third-order valence-corrected chi connectivity index (χ3v) is 2.14. The summed E-state index contributed by atoms with van der Waals surface area (Å²) in [4.78, 5) is 21.5. The quantitative estimate of drug-likeness (QED) is 0.356. The van der Waals surface area contributed by atoms with Crippen LogP contribution in [0.1, 0.15) is 17.3 Å². The van der Waals surface area contributed by atoms with Gasteiger partial charge in [0.05, 0.1) is 23.3 Å². The molecule has 1 aromatic carbocycles. The fraction of sp³-hybridized carbons (Fsp3) is 0.300. The van der Waals surface area contributed by atoms with E-state index >= 15 is 0 Å². The number of nitro benzene ring substituents is 1. The van der Waals surface area contributed by atoms with Crippen LogP contribution in [0.4, 0.5) is 17.1 Å². The van der Waals surface area contributed by atoms with Crippen molar-refractivity contribution in [3.8, 4) is 0 Å². The number of benzene rings is 1. The van der Waals surface area contributed by atoms with Crippen molar-refractivity contribution in [1.82, 2.24) is 0 Å². The summed E-state index contributed by atoms with van der Waals surface area (Å²) < 4.78 is 4.51. The van der Waals surface area contributed by atoms with Crippen molar-refractivity contribution < 1.29 is 14.5 Å². The topological polar surface area (TPSA) is 107 Å². The van der Waals surface area contributed by atoms with E-state index in [0.717, 1.165) is 6.07 Å². The fourth-order valence-corrected chi connectivity index (χ4v) is 1.36. The second-order valence-corrected chi connectivity index (χ2v) is 3.24. The van der Waals surface area contributed by atoms with Gasteiger partial charge in [0.1, 0.15) is 5.69 Å². The number of carbonyl (C=O) groups is 1. The van der Waals surface area contributed by atoms with E-state index in [1.807, 2.05) is 6.92 Å². The van der Waals surface area contributed by atoms with Gasteiger partial charge in [-0.2, -0.15) is 0 Å². The number of ether oxygens (including phenoxy) is 1. The second kappa shape index (κ2) is 5.15. The summed E-state index contributed by atoms with van der Waals surface area (Å²) in [5.41, 5.74) is 5.75. The lowest BCUT2D eigenvalue weighted by molar-refractivity contribution is -0.383. The first-order chi connectivity index (χ1) is 8.01. The molecule has 0 spiro atoms. The maximum Gasteiger partial charge on any atom is 0.338 e. The first-order valence-electron chi connectivity index (χ1n) is 4.91. The Labute approximate surface area is 97.7 Å². The van der Waals surface area contributed by atoms with Crippen LogP contribution < -0.4 is 11.1 Å². The zero-order chi connectivity index (χ0) is 13.0. The highest BCUT2D eigenvalue weighted by Gasteiger charge is 2.20. The molecule has 3 N–H and O–H groups in total. The number of rotatable bonds is 4. The van der Waals surface area contributed by atoms with Gasteiger partial charge in [0.15, 0.2) is 0 Å². The Morgan fingerprint density at radius 2 is 2.24 bits per heavy atom. The normalized spacial score (nSPS) is 9.76. The van der Waals surface area contributed by atoms with Crippen LogP contribution in [0, 0.1) is 10.1 Å². The van der Waals surface area contributed by atoms with E-state index in [1.54, 1.807) is 0 Å². The molecule has 92 valence electrons. The monoisotopic (exact) mass is 239 g/mol. The second-order valence-electron chi connectivity index (χ2n) is 3.24. The van der Waals surface area contributed by atoms with Crippen molar-refractivity contribution in [3.63, 3.8) is 0 Å². The smallest absolute Gasteiger partial charge is 0.338 e. The van der Waals surface area contributed by atoms with E-state index in [0.29, 0.717) is 12.2 Å². The average molecular weight is 239 g/mol. The molecule has 0 aliphatic heterocycles. The molecule has 0 fully saturated rings. The number of hydrogen-bond donors (Lipinski definition) is 2. The first-order valence-corrected chi connectivity index (χ1v) is 4.91. The zero-order valence-electron chi connectivity index (χ0n) is 9.52. The Hall–Kier alpha value is -2.31. The van der Waals surface area contributed by atoms with Crippen LogP contribution in [-0.4, -0.2) is 24.5 Å². The highest BCUT2D eigenvalue weighted by Crippen LogP contribution is 2.31. The number of esters is 1. The first kappa shape index (κ1) is 12.8. The summed E-state index contributed by atoms with van der Waals surface area (Å²) in [6, 6.07) is 2.53. The number of nitrogens with two attached hydrogens (primary N) is 1. The highest BCUT2D eigenvalue weighted by atomic mass is 16.6. The number of anilines is 2. The van der Waals surface area contributed by atoms with Gasteiger partial charge in [-0.1, -0.05) is 0 Å². The summed E-state index contributed by atoms with van der Waals surface area (Å²) in [5, 5.41) is 13.6. The minimum Gasteiger partial charge on any atom is -0.465 e. The molecular formula is C10H13N3O4. The molecule has 0 unspecified atom stereocenters. The Kier molecular flexibility index (Phi) is 3.86. The number of nitro groups is 1. The SMILES string of the molecule is CCNc1cc(C(=O)OC)cc([N+](=O)[O-])c1N. The number of methoxy groups -OCH3 is 1. The molecule has 0 atom stereocenters. The van der Waals surface area contributed by atoms with E-state index in [1.165, 1.54) is 13.2 Å². The molecule has 0 saturated heterocycles. The van der Waals surface area contributed by atoms with Gasteiger partial charge in [0.2, 0.25) is 0 Å². The zero-order valence-corrected chi connectivity index (χ0v) is 9.52. The number of hydrogen-bond acceptors (Lipinski definition) is 6. The van der Waals surface area contributed by atoms with Crippen LogP contribution in [0.3, 0.4) is 0 Å². The van der Waals surface area contributed by atoms with Crippen LogP contribution >= 0.6 is 0 Å². The van der Waals surface area contributed by atoms with Crippen molar-refractivity contribution in [2.75, 3.05) is 24.7 Å². The largest absolute Gasteiger partial charge is 0.465 e. The lowest BCUT2D eigenvalue weighted by Gasteiger charge is -2.09. The van der Waals surface area contributed by atoms with Gasteiger partial charge < -0.3 is 15.8 Å². The van der Waals surface area contributed by atoms with Crippen LogP contribution in [0.5, 0.6) is 0 Å². The molecule has 0 bridgehead atoms. The molecule has 0 aliphatic rings. The van der Waals surface area contributed by atoms with Gasteiger partial charge in [0.25, 0.3) is 5.69 Å². The van der Waals surface area contributed by atoms with Crippen LogP contribution in [0.25, 0.3) is 0 Å². The summed E-state index contributed by atoms with van der Waals surface area (Å²) in [7, 11) is 1.21. The molecule has 17 heavy (non-hydrogen) atoms. The van der Waals surface area contributed by atoms with Crippen LogP contribution in [0.15, 0.2) is 12.1 Å². The van der Waals surface area contributed by atoms with Crippen molar-refractivity contribution in [3.05, 3.63) is 27.8 Å². The van der Waals surface area contributed by atoms with Gasteiger partial charge in [-0.25, -0.2) is 4.79 Å². The van der Waals surface area contributed by atoms with Crippen molar-refractivity contribution in [1.29, 1.82) is 0 Å². The molecular weight excluding hydrogens is 226 g/mol. The third-order valence-electron chi connectivity index (χ3n) is 2.14. The molecule has 0 amide bonds. The van der Waals surface area contributed by atoms with Crippen molar-refractivity contribution in [2.45, 2.75) is 6.92 Å². The molecule has 0 radical (unpaired) electrons. The number of nitrogens with one attached hydrogen (secondary N) is 1. The van der Waals surface area contributed by atoms with Gasteiger partial charge in [-0.15, -0.1) is 0 Å². The van der Waals surface area contributed by atoms with Gasteiger partial charge in [-0.05, 0) is 13.0 Å². The minimum atomic E-state index is -0.646. The highest BCUT2D eigenvalue weighted by molar-refractivity contribution is 5.94. The van der Waals surface area contributed by atoms with E-state index in [9.17, 15) is 14.9 Å². The van der Waals surface area contributed by atoms with E-state index < -0.39 is 10.9 Å². The predicted molar refractivity (Wildman–Crippen MR) is 63.0 cm³/mol. The van der Waals surface area contributed by atoms with Crippen molar-refractivity contribution in [2.24, 2.45) is 0 Å². The molecule has 0 aromatic heterocycles. The Morgan fingerprint density at radius 1 is 1.59 bits per heavy atom. The number of carbonyl (C=O) groups excluding carboxylic acids is 1. The summed E-state index contributed by atoms with van der Waals surface area (Å²) in [6.45, 7) is 2.35. The molecule has 0 aliphatic carbocycles. The van der Waals surface area contributed by atoms with Gasteiger partial charge >= 0.3 is 5.97 Å². The van der Waals surface area contributed by atoms with Crippen LogP contribution in [-0.2, 0) is 4.74 Å². The summed E-state index contributed by atoms with van der Waals surface area (Å²) in [6.07, 6.45) is 0. The molecule has 1 aromatic rings. The number of nitrogen functional groups attached to an aromatic ring is 1. The standard InChI is InChI=1S/C10H13N3O4/c1-3-12-7-4-6(10(14)17-2)5-8(9(7)11)13(15)16/h4-5,12H,3,11H2,1-2H3. The van der Waals surface area contributed by atoms with E-state index in [4.69, 9.17) is 5.73 Å². The predicted octanol–water partition coefficient (Wildman–Crippen LogP) is 1.40. The lowest BCUT2D eigenvalue weighted by Crippen LogP contribution is -2.08. The molecule has 7 nitrogen and oxygen atoms in total. The van der Waals surface area contributed by atoms with Crippen molar-refractivity contribution >= 4 is 23.0 Å². The molecule has 1 rings (SSSR count). The van der Waals surface area contributed by atoms with Gasteiger partial charge in [0, 0.05) is 12.6 Å². The van der Waals surface area contributed by atoms with E-state index in [-0.39, 0.29) is 16.9 Å².